The van der Waals surface area contributed by atoms with Gasteiger partial charge in [0.15, 0.2) is 18.5 Å². The summed E-state index contributed by atoms with van der Waals surface area (Å²) in [4.78, 5) is 51.1. The van der Waals surface area contributed by atoms with Crippen molar-refractivity contribution in [3.05, 3.63) is 52.1 Å². The molecule has 10 heteroatoms. The fraction of sp³-hybridized carbons (Fsp3) is 0.286. The van der Waals surface area contributed by atoms with Crippen LogP contribution in [0, 0.1) is 10.1 Å². The first-order chi connectivity index (χ1) is 14.8. The van der Waals surface area contributed by atoms with Gasteiger partial charge in [-0.15, -0.1) is 0 Å². The van der Waals surface area contributed by atoms with Gasteiger partial charge in [0.05, 0.1) is 22.8 Å². The van der Waals surface area contributed by atoms with Crippen LogP contribution >= 0.6 is 0 Å². The number of nitro benzene ring substituents is 1. The molecule has 10 nitrogen and oxygen atoms in total. The molecule has 2 aliphatic heterocycles. The number of fused-ring (bicyclic) bond motifs is 2. The first-order valence-corrected chi connectivity index (χ1v) is 9.63. The molecule has 4 rings (SSSR count). The van der Waals surface area contributed by atoms with Gasteiger partial charge in [-0.25, -0.2) is 0 Å². The molecule has 1 unspecified atom stereocenters. The molecule has 0 N–H and O–H groups in total. The Morgan fingerprint density at radius 2 is 1.90 bits per heavy atom. The third kappa shape index (κ3) is 3.56. The highest BCUT2D eigenvalue weighted by Crippen LogP contribution is 2.38. The topological polar surface area (TPSA) is 119 Å². The van der Waals surface area contributed by atoms with Crippen LogP contribution in [0.25, 0.3) is 0 Å². The van der Waals surface area contributed by atoms with Gasteiger partial charge in [0, 0.05) is 24.7 Å². The van der Waals surface area contributed by atoms with Crippen LogP contribution in [0.3, 0.4) is 0 Å². The van der Waals surface area contributed by atoms with E-state index >= 15 is 0 Å². The minimum absolute atomic E-state index is 0.0763. The zero-order valence-electron chi connectivity index (χ0n) is 16.9. The summed E-state index contributed by atoms with van der Waals surface area (Å²) < 4.78 is 11.0. The second-order valence-electron chi connectivity index (χ2n) is 7.20. The predicted molar refractivity (Wildman–Crippen MR) is 110 cm³/mol. The predicted octanol–water partition coefficient (Wildman–Crippen LogP) is 2.34. The van der Waals surface area contributed by atoms with Crippen molar-refractivity contribution in [2.24, 2.45) is 0 Å². The lowest BCUT2D eigenvalue weighted by atomic mass is 10.1. The lowest BCUT2D eigenvalue weighted by molar-refractivity contribution is -0.384. The number of ether oxygens (including phenoxy) is 2. The van der Waals surface area contributed by atoms with Crippen LogP contribution < -0.4 is 19.3 Å². The molecular formula is C21H19N3O7. The number of rotatable bonds is 5. The number of benzene rings is 2. The third-order valence-electron chi connectivity index (χ3n) is 5.29. The normalized spacial score (nSPS) is 17.4. The number of nitro groups is 1. The largest absolute Gasteiger partial charge is 0.482 e. The van der Waals surface area contributed by atoms with Crippen LogP contribution in [0.2, 0.25) is 0 Å². The molecule has 0 spiro atoms. The summed E-state index contributed by atoms with van der Waals surface area (Å²) in [5, 5.41) is 11.2. The lowest BCUT2D eigenvalue weighted by Gasteiger charge is -2.33. The van der Waals surface area contributed by atoms with Crippen molar-refractivity contribution in [3.63, 3.8) is 0 Å². The van der Waals surface area contributed by atoms with E-state index in [1.54, 1.807) is 26.1 Å². The van der Waals surface area contributed by atoms with Gasteiger partial charge in [0.2, 0.25) is 0 Å². The van der Waals surface area contributed by atoms with Gasteiger partial charge >= 0.3 is 0 Å². The summed E-state index contributed by atoms with van der Waals surface area (Å²) in [6.07, 6.45) is -0.411. The average molecular weight is 425 g/mol. The maximum absolute atomic E-state index is 13.0. The summed E-state index contributed by atoms with van der Waals surface area (Å²) in [6, 6.07) is 8.63. The molecule has 0 radical (unpaired) electrons. The van der Waals surface area contributed by atoms with Gasteiger partial charge in [0.1, 0.15) is 11.5 Å². The summed E-state index contributed by atoms with van der Waals surface area (Å²) in [5.41, 5.74) is 0.695. The van der Waals surface area contributed by atoms with E-state index < -0.39 is 22.7 Å². The molecular weight excluding hydrogens is 406 g/mol. The second kappa shape index (κ2) is 7.71. The number of anilines is 2. The number of hydrogen-bond donors (Lipinski definition) is 0. The Labute approximate surface area is 177 Å². The van der Waals surface area contributed by atoms with Crippen molar-refractivity contribution in [1.29, 1.82) is 0 Å². The number of Topliss-reactive ketones (excluding diaryl/α,β-unsaturated/α-hetero) is 1. The summed E-state index contributed by atoms with van der Waals surface area (Å²) in [6.45, 7) is 1.37. The number of hydrogen-bond acceptors (Lipinski definition) is 7. The van der Waals surface area contributed by atoms with E-state index in [0.717, 1.165) is 0 Å². The molecule has 0 saturated carbocycles. The lowest BCUT2D eigenvalue weighted by Crippen LogP contribution is -2.47. The Hall–Kier alpha value is -3.95. The average Bonchev–Trinajstić information content (AvgIpc) is 2.77. The summed E-state index contributed by atoms with van der Waals surface area (Å²) >= 11 is 0. The maximum Gasteiger partial charge on any atom is 0.271 e. The van der Waals surface area contributed by atoms with Gasteiger partial charge < -0.3 is 14.4 Å². The molecule has 2 heterocycles. The van der Waals surface area contributed by atoms with Crippen molar-refractivity contribution in [3.8, 4) is 11.5 Å². The number of amides is 2. The molecule has 1 atom stereocenters. The van der Waals surface area contributed by atoms with Crippen LogP contribution in [-0.2, 0) is 9.59 Å². The SMILES string of the molecule is CCC1Oc2ccc([N+](=O)[O-])cc2N(CC(=O)c2ccc3c(c2)N(C)C(=O)CO3)C1=O. The molecule has 2 aromatic rings. The van der Waals surface area contributed by atoms with Crippen LogP contribution in [0.4, 0.5) is 17.1 Å². The van der Waals surface area contributed by atoms with Gasteiger partial charge in [-0.05, 0) is 30.7 Å². The van der Waals surface area contributed by atoms with Gasteiger partial charge in [-0.2, -0.15) is 0 Å². The number of non-ortho nitro benzene ring substituents is 1. The summed E-state index contributed by atoms with van der Waals surface area (Å²) in [5.74, 6) is -0.302. The number of carbonyl (C=O) groups excluding carboxylic acids is 3. The fourth-order valence-corrected chi connectivity index (χ4v) is 3.53. The van der Waals surface area contributed by atoms with Crippen molar-refractivity contribution in [1.82, 2.24) is 0 Å². The van der Waals surface area contributed by atoms with Crippen LogP contribution in [0.5, 0.6) is 11.5 Å². The Kier molecular flexibility index (Phi) is 5.05. The smallest absolute Gasteiger partial charge is 0.271 e. The van der Waals surface area contributed by atoms with Gasteiger partial charge in [0.25, 0.3) is 17.5 Å². The molecule has 0 fully saturated rings. The molecule has 2 aromatic carbocycles. The highest BCUT2D eigenvalue weighted by molar-refractivity contribution is 6.09. The van der Waals surface area contributed by atoms with Crippen LogP contribution in [0.1, 0.15) is 23.7 Å². The number of carbonyl (C=O) groups is 3. The fourth-order valence-electron chi connectivity index (χ4n) is 3.53. The van der Waals surface area contributed by atoms with E-state index in [0.29, 0.717) is 23.6 Å². The highest BCUT2D eigenvalue weighted by atomic mass is 16.6. The number of ketones is 1. The van der Waals surface area contributed by atoms with E-state index in [1.807, 2.05) is 0 Å². The Morgan fingerprint density at radius 1 is 1.16 bits per heavy atom. The standard InChI is InChI=1S/C21H19N3O7/c1-3-17-21(27)23(15-9-13(24(28)29)5-7-19(15)31-17)10-16(25)12-4-6-18-14(8-12)22(2)20(26)11-30-18/h4-9,17H,3,10-11H2,1-2H3. The molecule has 0 aliphatic carbocycles. The molecule has 31 heavy (non-hydrogen) atoms. The molecule has 160 valence electrons. The minimum atomic E-state index is -0.789. The van der Waals surface area contributed by atoms with E-state index in [2.05, 4.69) is 0 Å². The Morgan fingerprint density at radius 3 is 2.61 bits per heavy atom. The van der Waals surface area contributed by atoms with E-state index in [9.17, 15) is 24.5 Å². The molecule has 2 amide bonds. The zero-order valence-corrected chi connectivity index (χ0v) is 16.9. The van der Waals surface area contributed by atoms with Crippen molar-refractivity contribution >= 4 is 34.7 Å². The van der Waals surface area contributed by atoms with Crippen molar-refractivity contribution in [2.75, 3.05) is 30.0 Å². The van der Waals surface area contributed by atoms with E-state index in [4.69, 9.17) is 9.47 Å². The molecule has 0 bridgehead atoms. The van der Waals surface area contributed by atoms with Gasteiger partial charge in [-0.1, -0.05) is 6.92 Å². The first-order valence-electron chi connectivity index (χ1n) is 9.63. The highest BCUT2D eigenvalue weighted by Gasteiger charge is 2.36. The van der Waals surface area contributed by atoms with Crippen LogP contribution in [-0.4, -0.2) is 48.8 Å². The van der Waals surface area contributed by atoms with E-state index in [1.165, 1.54) is 34.1 Å². The maximum atomic E-state index is 13.0. The van der Waals surface area contributed by atoms with Gasteiger partial charge in [-0.3, -0.25) is 29.4 Å². The van der Waals surface area contributed by atoms with Crippen LogP contribution in [0.15, 0.2) is 36.4 Å². The Bertz CT molecular complexity index is 1110. The third-order valence-corrected chi connectivity index (χ3v) is 5.29. The van der Waals surface area contributed by atoms with E-state index in [-0.39, 0.29) is 36.0 Å². The Balaban J connectivity index is 1.67. The number of likely N-dealkylation sites (N-methyl/N-ethyl adjacent to an activating group) is 1. The van der Waals surface area contributed by atoms with Crippen molar-refractivity contribution in [2.45, 2.75) is 19.4 Å². The number of nitrogens with zero attached hydrogens (tertiary/aromatic N) is 3. The molecule has 2 aliphatic rings. The quantitative estimate of drug-likeness (QED) is 0.410. The molecule has 0 saturated heterocycles. The monoisotopic (exact) mass is 425 g/mol. The molecule has 0 aromatic heterocycles. The van der Waals surface area contributed by atoms with Crippen molar-refractivity contribution < 1.29 is 28.8 Å². The first kappa shape index (κ1) is 20.3. The minimum Gasteiger partial charge on any atom is -0.482 e. The zero-order chi connectivity index (χ0) is 22.3. The summed E-state index contributed by atoms with van der Waals surface area (Å²) in [7, 11) is 1.59. The second-order valence-corrected chi connectivity index (χ2v) is 7.20.